The van der Waals surface area contributed by atoms with Crippen LogP contribution in [-0.2, 0) is 22.6 Å². The molecule has 32 heavy (non-hydrogen) atoms. The van der Waals surface area contributed by atoms with Crippen molar-refractivity contribution in [2.24, 2.45) is 0 Å². The monoisotopic (exact) mass is 436 g/mol. The van der Waals surface area contributed by atoms with Gasteiger partial charge in [0.2, 0.25) is 0 Å². The van der Waals surface area contributed by atoms with Gasteiger partial charge in [0.15, 0.2) is 11.6 Å². The van der Waals surface area contributed by atoms with Crippen molar-refractivity contribution in [3.05, 3.63) is 89.2 Å². The third kappa shape index (κ3) is 6.58. The van der Waals surface area contributed by atoms with E-state index in [1.54, 1.807) is 19.1 Å². The average molecular weight is 437 g/mol. The Morgan fingerprint density at radius 3 is 2.53 bits per heavy atom. The Hall–Kier alpha value is -3.34. The number of carbonyl (C=O) groups excluding carboxylic acids is 1. The van der Waals surface area contributed by atoms with Crippen molar-refractivity contribution in [3.63, 3.8) is 0 Å². The van der Waals surface area contributed by atoms with Gasteiger partial charge < -0.3 is 14.2 Å². The zero-order chi connectivity index (χ0) is 22.9. The lowest BCUT2D eigenvalue weighted by molar-refractivity contribution is -0.143. The molecule has 0 aliphatic heterocycles. The fraction of sp³-hybridized carbons (Fsp3) is 0.296. The Labute approximate surface area is 188 Å². The van der Waals surface area contributed by atoms with Gasteiger partial charge in [0.05, 0.1) is 6.61 Å². The van der Waals surface area contributed by atoms with E-state index in [0.29, 0.717) is 24.7 Å². The van der Waals surface area contributed by atoms with Crippen LogP contribution in [0.4, 0.5) is 4.39 Å². The number of halogens is 1. The molecule has 0 aliphatic carbocycles. The largest absolute Gasteiger partial charge is 0.486 e. The molecular formula is C27H29FO4. The summed E-state index contributed by atoms with van der Waals surface area (Å²) in [5, 5.41) is 0. The molecule has 0 aromatic heterocycles. The number of hydrogen-bond donors (Lipinski definition) is 0. The molecule has 3 aromatic carbocycles. The smallest absolute Gasteiger partial charge is 0.306 e. The number of para-hydroxylation sites is 1. The van der Waals surface area contributed by atoms with Gasteiger partial charge in [-0.05, 0) is 60.7 Å². The number of esters is 1. The second-order valence-electron chi connectivity index (χ2n) is 7.80. The summed E-state index contributed by atoms with van der Waals surface area (Å²) < 4.78 is 31.3. The van der Waals surface area contributed by atoms with Crippen LogP contribution in [0.5, 0.6) is 17.2 Å². The van der Waals surface area contributed by atoms with Crippen LogP contribution in [0.1, 0.15) is 49.8 Å². The number of carbonyl (C=O) groups is 1. The van der Waals surface area contributed by atoms with E-state index in [0.717, 1.165) is 16.9 Å². The van der Waals surface area contributed by atoms with Crippen LogP contribution in [0, 0.1) is 5.82 Å². The molecule has 0 atom stereocenters. The molecule has 0 aliphatic rings. The van der Waals surface area contributed by atoms with Gasteiger partial charge >= 0.3 is 5.97 Å². The predicted octanol–water partition coefficient (Wildman–Crippen LogP) is 6.82. The first-order valence-electron chi connectivity index (χ1n) is 10.9. The van der Waals surface area contributed by atoms with Gasteiger partial charge in [-0.2, -0.15) is 0 Å². The van der Waals surface area contributed by atoms with Gasteiger partial charge in [0, 0.05) is 12.0 Å². The zero-order valence-electron chi connectivity index (χ0n) is 18.8. The van der Waals surface area contributed by atoms with Gasteiger partial charge in [-0.3, -0.25) is 4.79 Å². The highest BCUT2D eigenvalue weighted by atomic mass is 19.1. The number of benzene rings is 3. The van der Waals surface area contributed by atoms with Crippen molar-refractivity contribution in [1.29, 1.82) is 0 Å². The topological polar surface area (TPSA) is 44.8 Å². The SMILES string of the molecule is CCOC(=O)CCc1ccc(OCc2ccccc2Oc2cccc(C(C)C)c2)c(F)c1. The van der Waals surface area contributed by atoms with E-state index in [1.165, 1.54) is 11.6 Å². The predicted molar refractivity (Wildman–Crippen MR) is 123 cm³/mol. The molecule has 168 valence electrons. The third-order valence-corrected chi connectivity index (χ3v) is 5.03. The van der Waals surface area contributed by atoms with Crippen molar-refractivity contribution in [2.75, 3.05) is 6.61 Å². The number of hydrogen-bond acceptors (Lipinski definition) is 4. The van der Waals surface area contributed by atoms with Gasteiger partial charge in [-0.1, -0.05) is 50.2 Å². The maximum absolute atomic E-state index is 14.5. The molecule has 0 bridgehead atoms. The van der Waals surface area contributed by atoms with Crippen molar-refractivity contribution >= 4 is 5.97 Å². The molecule has 0 heterocycles. The third-order valence-electron chi connectivity index (χ3n) is 5.03. The molecule has 0 saturated carbocycles. The highest BCUT2D eigenvalue weighted by Crippen LogP contribution is 2.29. The summed E-state index contributed by atoms with van der Waals surface area (Å²) in [4.78, 5) is 11.5. The van der Waals surface area contributed by atoms with Gasteiger partial charge in [-0.25, -0.2) is 4.39 Å². The van der Waals surface area contributed by atoms with Crippen LogP contribution in [0.15, 0.2) is 66.7 Å². The first-order valence-corrected chi connectivity index (χ1v) is 10.9. The summed E-state index contributed by atoms with van der Waals surface area (Å²) in [5.74, 6) is 1.22. The minimum atomic E-state index is -0.464. The Morgan fingerprint density at radius 2 is 1.78 bits per heavy atom. The molecule has 0 spiro atoms. The van der Waals surface area contributed by atoms with E-state index in [-0.39, 0.29) is 24.7 Å². The molecule has 4 nitrogen and oxygen atoms in total. The fourth-order valence-electron chi connectivity index (χ4n) is 3.24. The minimum Gasteiger partial charge on any atom is -0.486 e. The Balaban J connectivity index is 1.65. The molecule has 0 radical (unpaired) electrons. The van der Waals surface area contributed by atoms with E-state index in [9.17, 15) is 9.18 Å². The van der Waals surface area contributed by atoms with Gasteiger partial charge in [0.25, 0.3) is 0 Å². The van der Waals surface area contributed by atoms with Crippen LogP contribution in [0.2, 0.25) is 0 Å². The van der Waals surface area contributed by atoms with Crippen molar-refractivity contribution < 1.29 is 23.4 Å². The lowest BCUT2D eigenvalue weighted by Gasteiger charge is -2.14. The standard InChI is InChI=1S/C27H29FO4/c1-4-30-27(29)15-13-20-12-14-26(24(28)16-20)31-18-22-8-5-6-11-25(22)32-23-10-7-9-21(17-23)19(2)3/h5-12,14,16-17,19H,4,13,15,18H2,1-3H3. The van der Waals surface area contributed by atoms with Crippen LogP contribution in [0.25, 0.3) is 0 Å². The Bertz CT molecular complexity index is 1050. The van der Waals surface area contributed by atoms with Crippen molar-refractivity contribution in [3.8, 4) is 17.2 Å². The van der Waals surface area contributed by atoms with E-state index in [2.05, 4.69) is 19.9 Å². The van der Waals surface area contributed by atoms with E-state index in [1.807, 2.05) is 42.5 Å². The number of ether oxygens (including phenoxy) is 3. The van der Waals surface area contributed by atoms with Crippen LogP contribution >= 0.6 is 0 Å². The molecule has 5 heteroatoms. The summed E-state index contributed by atoms with van der Waals surface area (Å²) in [6.07, 6.45) is 0.637. The van der Waals surface area contributed by atoms with Crippen LogP contribution < -0.4 is 9.47 Å². The maximum atomic E-state index is 14.5. The lowest BCUT2D eigenvalue weighted by atomic mass is 10.0. The number of rotatable bonds is 10. The van der Waals surface area contributed by atoms with Crippen LogP contribution in [0.3, 0.4) is 0 Å². The highest BCUT2D eigenvalue weighted by molar-refractivity contribution is 5.69. The quantitative estimate of drug-likeness (QED) is 0.327. The Morgan fingerprint density at radius 1 is 0.969 bits per heavy atom. The lowest BCUT2D eigenvalue weighted by Crippen LogP contribution is -2.05. The first-order chi connectivity index (χ1) is 15.5. The highest BCUT2D eigenvalue weighted by Gasteiger charge is 2.11. The van der Waals surface area contributed by atoms with E-state index < -0.39 is 5.82 Å². The molecule has 0 amide bonds. The fourth-order valence-corrected chi connectivity index (χ4v) is 3.24. The molecule has 0 N–H and O–H groups in total. The normalized spacial score (nSPS) is 10.8. The molecule has 3 rings (SSSR count). The summed E-state index contributed by atoms with van der Waals surface area (Å²) in [7, 11) is 0. The Kier molecular flexibility index (Phi) is 8.26. The minimum absolute atomic E-state index is 0.154. The molecule has 0 saturated heterocycles. The van der Waals surface area contributed by atoms with Crippen molar-refractivity contribution in [2.45, 2.75) is 46.1 Å². The molecule has 0 fully saturated rings. The number of aryl methyl sites for hydroxylation is 1. The average Bonchev–Trinajstić information content (AvgIpc) is 2.78. The van der Waals surface area contributed by atoms with Crippen molar-refractivity contribution in [1.82, 2.24) is 0 Å². The summed E-state index contributed by atoms with van der Waals surface area (Å²) in [6.45, 7) is 6.54. The summed E-state index contributed by atoms with van der Waals surface area (Å²) >= 11 is 0. The van der Waals surface area contributed by atoms with E-state index in [4.69, 9.17) is 14.2 Å². The van der Waals surface area contributed by atoms with Gasteiger partial charge in [-0.15, -0.1) is 0 Å². The summed E-state index contributed by atoms with van der Waals surface area (Å²) in [6, 6.07) is 20.3. The maximum Gasteiger partial charge on any atom is 0.306 e. The second kappa shape index (κ2) is 11.3. The summed E-state index contributed by atoms with van der Waals surface area (Å²) in [5.41, 5.74) is 2.73. The molecule has 0 unspecified atom stereocenters. The molecular weight excluding hydrogens is 407 g/mol. The van der Waals surface area contributed by atoms with Gasteiger partial charge in [0.1, 0.15) is 18.1 Å². The zero-order valence-corrected chi connectivity index (χ0v) is 18.8. The van der Waals surface area contributed by atoms with E-state index >= 15 is 0 Å². The first kappa shape index (κ1) is 23.3. The van der Waals surface area contributed by atoms with Crippen LogP contribution in [-0.4, -0.2) is 12.6 Å². The molecule has 3 aromatic rings. The second-order valence-corrected chi connectivity index (χ2v) is 7.80.